The molecular formula is C19H21ClF3N3O3. The molecule has 1 atom stereocenters. The Labute approximate surface area is 171 Å². The van der Waals surface area contributed by atoms with Crippen molar-refractivity contribution in [1.29, 1.82) is 0 Å². The van der Waals surface area contributed by atoms with Crippen LogP contribution in [0.5, 0.6) is 5.75 Å². The molecule has 0 spiro atoms. The molecule has 1 aliphatic rings. The number of hydrogen-bond acceptors (Lipinski definition) is 5. The fourth-order valence-corrected chi connectivity index (χ4v) is 3.05. The number of ether oxygens (including phenoxy) is 1. The maximum Gasteiger partial charge on any atom is 0.416 e. The van der Waals surface area contributed by atoms with Gasteiger partial charge in [-0.2, -0.15) is 13.2 Å². The topological polar surface area (TPSA) is 75.5 Å². The van der Waals surface area contributed by atoms with Gasteiger partial charge in [-0.15, -0.1) is 0 Å². The predicted molar refractivity (Wildman–Crippen MR) is 102 cm³/mol. The van der Waals surface area contributed by atoms with E-state index in [4.69, 9.17) is 21.4 Å². The summed E-state index contributed by atoms with van der Waals surface area (Å²) in [6.45, 7) is 4.44. The number of hydrogen-bond donors (Lipinski definition) is 1. The lowest BCUT2D eigenvalue weighted by Gasteiger charge is -2.16. The highest BCUT2D eigenvalue weighted by atomic mass is 35.5. The Morgan fingerprint density at radius 3 is 2.52 bits per heavy atom. The molecule has 0 bridgehead atoms. The van der Waals surface area contributed by atoms with Gasteiger partial charge in [-0.1, -0.05) is 31.5 Å². The molecule has 1 N–H and O–H groups in total. The monoisotopic (exact) mass is 431 g/mol. The number of rotatable bonds is 5. The summed E-state index contributed by atoms with van der Waals surface area (Å²) in [5.41, 5.74) is -1.02. The fraction of sp³-hybridized carbons (Fsp3) is 0.421. The van der Waals surface area contributed by atoms with Gasteiger partial charge >= 0.3 is 12.1 Å². The fourth-order valence-electron chi connectivity index (χ4n) is 2.82. The van der Waals surface area contributed by atoms with E-state index >= 15 is 0 Å². The molecule has 1 aromatic carbocycles. The number of benzene rings is 1. The second-order valence-electron chi connectivity index (χ2n) is 6.04. The van der Waals surface area contributed by atoms with Gasteiger partial charge in [-0.3, -0.25) is 4.79 Å². The number of carboxylic acid groups (broad SMARTS) is 1. The lowest BCUT2D eigenvalue weighted by Crippen LogP contribution is -2.24. The van der Waals surface area contributed by atoms with Crippen LogP contribution in [0.15, 0.2) is 30.6 Å². The van der Waals surface area contributed by atoms with Crippen LogP contribution in [-0.2, 0) is 17.6 Å². The third-order valence-electron chi connectivity index (χ3n) is 4.24. The van der Waals surface area contributed by atoms with Crippen molar-refractivity contribution in [3.63, 3.8) is 0 Å². The van der Waals surface area contributed by atoms with E-state index in [1.165, 1.54) is 24.5 Å². The van der Waals surface area contributed by atoms with Gasteiger partial charge in [-0.25, -0.2) is 9.97 Å². The first kappa shape index (κ1) is 22.7. The Morgan fingerprint density at radius 2 is 1.97 bits per heavy atom. The molecule has 10 heteroatoms. The van der Waals surface area contributed by atoms with E-state index in [1.54, 1.807) is 4.90 Å². The van der Waals surface area contributed by atoms with E-state index in [1.807, 2.05) is 13.8 Å². The molecule has 2 heterocycles. The van der Waals surface area contributed by atoms with Gasteiger partial charge in [0, 0.05) is 23.7 Å². The third-order valence-corrected chi connectivity index (χ3v) is 4.60. The zero-order valence-corrected chi connectivity index (χ0v) is 16.7. The van der Waals surface area contributed by atoms with E-state index in [0.717, 1.165) is 6.07 Å². The molecule has 29 heavy (non-hydrogen) atoms. The second kappa shape index (κ2) is 9.78. The standard InChI is InChI=1S/C17H15ClF3N3O3.C2H6/c18-14-3-1-2-13(17(19,20)21)12(14)9-27-11-6-22-16(23-7-11)24-5-4-10(8-24)15(25)26;1-2/h1-3,6-7,10H,4-5,8-9H2,(H,25,26);1-2H3. The molecule has 1 unspecified atom stereocenters. The predicted octanol–water partition coefficient (Wildman–Crippen LogP) is 4.66. The van der Waals surface area contributed by atoms with Gasteiger partial charge in [0.1, 0.15) is 6.61 Å². The highest BCUT2D eigenvalue weighted by molar-refractivity contribution is 6.31. The average molecular weight is 432 g/mol. The lowest BCUT2D eigenvalue weighted by atomic mass is 10.1. The van der Waals surface area contributed by atoms with E-state index in [-0.39, 0.29) is 22.9 Å². The minimum atomic E-state index is -4.54. The first-order valence-corrected chi connectivity index (χ1v) is 9.40. The molecule has 0 amide bonds. The normalized spacial score (nSPS) is 16.2. The molecule has 1 fully saturated rings. The van der Waals surface area contributed by atoms with Crippen LogP contribution in [0.25, 0.3) is 0 Å². The molecule has 158 valence electrons. The zero-order valence-electron chi connectivity index (χ0n) is 15.9. The van der Waals surface area contributed by atoms with Gasteiger partial charge < -0.3 is 14.7 Å². The van der Waals surface area contributed by atoms with Gasteiger partial charge in [0.15, 0.2) is 5.75 Å². The Bertz CT molecular complexity index is 832. The Balaban J connectivity index is 0.00000145. The minimum absolute atomic E-state index is 0.0425. The Hall–Kier alpha value is -2.55. The van der Waals surface area contributed by atoms with E-state index in [0.29, 0.717) is 25.5 Å². The average Bonchev–Trinajstić information content (AvgIpc) is 3.19. The van der Waals surface area contributed by atoms with Crippen LogP contribution in [-0.4, -0.2) is 34.1 Å². The molecule has 1 aliphatic heterocycles. The summed E-state index contributed by atoms with van der Waals surface area (Å²) in [6, 6.07) is 3.53. The van der Waals surface area contributed by atoms with Crippen LogP contribution < -0.4 is 9.64 Å². The van der Waals surface area contributed by atoms with Crippen molar-refractivity contribution in [2.75, 3.05) is 18.0 Å². The van der Waals surface area contributed by atoms with Crippen molar-refractivity contribution in [1.82, 2.24) is 9.97 Å². The Kier molecular flexibility index (Phi) is 7.66. The van der Waals surface area contributed by atoms with Gasteiger partial charge in [-0.05, 0) is 18.6 Å². The smallest absolute Gasteiger partial charge is 0.416 e. The highest BCUT2D eigenvalue weighted by Gasteiger charge is 2.34. The Morgan fingerprint density at radius 1 is 1.31 bits per heavy atom. The van der Waals surface area contributed by atoms with E-state index in [9.17, 15) is 18.0 Å². The van der Waals surface area contributed by atoms with Gasteiger partial charge in [0.25, 0.3) is 0 Å². The molecule has 6 nitrogen and oxygen atoms in total. The summed E-state index contributed by atoms with van der Waals surface area (Å²) in [7, 11) is 0. The van der Waals surface area contributed by atoms with Crippen molar-refractivity contribution in [3.05, 3.63) is 46.7 Å². The number of alkyl halides is 3. The molecule has 2 aromatic rings. The van der Waals surface area contributed by atoms with E-state index in [2.05, 4.69) is 9.97 Å². The molecule has 0 aliphatic carbocycles. The van der Waals surface area contributed by atoms with Gasteiger partial charge in [0.2, 0.25) is 5.95 Å². The molecule has 1 saturated heterocycles. The largest absolute Gasteiger partial charge is 0.486 e. The van der Waals surface area contributed by atoms with Crippen LogP contribution >= 0.6 is 11.6 Å². The van der Waals surface area contributed by atoms with Crippen LogP contribution in [0, 0.1) is 5.92 Å². The number of carboxylic acids is 1. The van der Waals surface area contributed by atoms with Crippen molar-refractivity contribution >= 4 is 23.5 Å². The SMILES string of the molecule is CC.O=C(O)C1CCN(c2ncc(OCc3c(Cl)cccc3C(F)(F)F)cn2)C1. The summed E-state index contributed by atoms with van der Waals surface area (Å²) in [4.78, 5) is 20.9. The maximum absolute atomic E-state index is 13.1. The molecule has 0 saturated carbocycles. The maximum atomic E-state index is 13.1. The summed E-state index contributed by atoms with van der Waals surface area (Å²) in [5, 5.41) is 8.98. The molecule has 3 rings (SSSR count). The quantitative estimate of drug-likeness (QED) is 0.741. The van der Waals surface area contributed by atoms with Crippen molar-refractivity contribution in [2.45, 2.75) is 33.1 Å². The number of anilines is 1. The lowest BCUT2D eigenvalue weighted by molar-refractivity contribution is -0.141. The summed E-state index contributed by atoms with van der Waals surface area (Å²) < 4.78 is 44.6. The molecule has 0 radical (unpaired) electrons. The minimum Gasteiger partial charge on any atom is -0.486 e. The number of nitrogens with zero attached hydrogens (tertiary/aromatic N) is 3. The van der Waals surface area contributed by atoms with Crippen LogP contribution in [0.2, 0.25) is 5.02 Å². The van der Waals surface area contributed by atoms with Crippen LogP contribution in [0.4, 0.5) is 19.1 Å². The number of halogens is 4. The zero-order chi connectivity index (χ0) is 21.6. The molecular weight excluding hydrogens is 411 g/mol. The van der Waals surface area contributed by atoms with Gasteiger partial charge in [0.05, 0.1) is 23.9 Å². The summed E-state index contributed by atoms with van der Waals surface area (Å²) in [6.07, 6.45) is -1.37. The second-order valence-corrected chi connectivity index (χ2v) is 6.45. The first-order valence-electron chi connectivity index (χ1n) is 9.03. The van der Waals surface area contributed by atoms with Crippen LogP contribution in [0.3, 0.4) is 0 Å². The highest BCUT2D eigenvalue weighted by Crippen LogP contribution is 2.35. The third kappa shape index (κ3) is 5.72. The number of aliphatic carboxylic acids is 1. The molecule has 1 aromatic heterocycles. The number of aromatic nitrogens is 2. The van der Waals surface area contributed by atoms with Crippen molar-refractivity contribution in [3.8, 4) is 5.75 Å². The summed E-state index contributed by atoms with van der Waals surface area (Å²) in [5.74, 6) is -0.802. The van der Waals surface area contributed by atoms with E-state index < -0.39 is 23.6 Å². The van der Waals surface area contributed by atoms with Crippen molar-refractivity contribution < 1.29 is 27.8 Å². The van der Waals surface area contributed by atoms with Crippen LogP contribution in [0.1, 0.15) is 31.4 Å². The summed E-state index contributed by atoms with van der Waals surface area (Å²) >= 11 is 5.89. The first-order chi connectivity index (χ1) is 13.8. The number of carbonyl (C=O) groups is 1. The van der Waals surface area contributed by atoms with Crippen molar-refractivity contribution in [2.24, 2.45) is 5.92 Å².